The summed E-state index contributed by atoms with van der Waals surface area (Å²) in [5.74, 6) is -0.491. The van der Waals surface area contributed by atoms with Gasteiger partial charge in [0.1, 0.15) is 0 Å². The van der Waals surface area contributed by atoms with Crippen LogP contribution < -0.4 is 31.4 Å². The SMILES string of the molecule is Cc1cnc([O-])nc1[O-].O.O.O.O.[Ru+2].c1ccc(-c2ccccn2)nc1.c1ccc(P(CCCCP(c2ccccc2)c2ccccc2)c2ccccc2)cc1. The van der Waals surface area contributed by atoms with Crippen LogP contribution in [0.3, 0.4) is 0 Å². The zero-order valence-corrected chi connectivity index (χ0v) is 34.5. The maximum Gasteiger partial charge on any atom is 2.00 e. The fraction of sp³-hybridized carbons (Fsp3) is 0.116. The van der Waals surface area contributed by atoms with Gasteiger partial charge in [0.15, 0.2) is 0 Å². The molecular weight excluding hydrogens is 832 g/mol. The number of aromatic nitrogens is 4. The zero-order chi connectivity index (χ0) is 35.5. The Hall–Kier alpha value is -4.82. The molecule has 0 spiro atoms. The van der Waals surface area contributed by atoms with Gasteiger partial charge in [-0.15, -0.1) is 0 Å². The van der Waals surface area contributed by atoms with Crippen molar-refractivity contribution in [1.82, 2.24) is 19.9 Å². The van der Waals surface area contributed by atoms with Gasteiger partial charge in [-0.25, -0.2) is 0 Å². The van der Waals surface area contributed by atoms with E-state index in [1.54, 1.807) is 19.3 Å². The van der Waals surface area contributed by atoms with Crippen LogP contribution in [0.2, 0.25) is 0 Å². The number of pyridine rings is 2. The molecular formula is C43H48N4O6P2Ru. The molecule has 0 unspecified atom stereocenters. The first-order valence-corrected chi connectivity index (χ1v) is 19.9. The van der Waals surface area contributed by atoms with Crippen LogP contribution in [0.4, 0.5) is 0 Å². The van der Waals surface area contributed by atoms with Crippen molar-refractivity contribution in [3.63, 3.8) is 0 Å². The second-order valence-corrected chi connectivity index (χ2v) is 16.1. The van der Waals surface area contributed by atoms with E-state index in [0.29, 0.717) is 5.56 Å². The van der Waals surface area contributed by atoms with Crippen LogP contribution >= 0.6 is 15.8 Å². The van der Waals surface area contributed by atoms with Gasteiger partial charge < -0.3 is 32.1 Å². The minimum atomic E-state index is -0.717. The first-order valence-electron chi connectivity index (χ1n) is 16.8. The van der Waals surface area contributed by atoms with Gasteiger partial charge in [0, 0.05) is 18.6 Å². The average Bonchev–Trinajstić information content (AvgIpc) is 3.20. The number of benzene rings is 4. The van der Waals surface area contributed by atoms with Crippen LogP contribution in [0.5, 0.6) is 11.9 Å². The van der Waals surface area contributed by atoms with Crippen molar-refractivity contribution in [2.24, 2.45) is 0 Å². The summed E-state index contributed by atoms with van der Waals surface area (Å²) in [5.41, 5.74) is 2.23. The molecule has 0 aliphatic rings. The van der Waals surface area contributed by atoms with Crippen molar-refractivity contribution in [2.75, 3.05) is 12.3 Å². The molecule has 0 fully saturated rings. The summed E-state index contributed by atoms with van der Waals surface area (Å²) >= 11 is 0. The number of aryl methyl sites for hydroxylation is 1. The van der Waals surface area contributed by atoms with Crippen molar-refractivity contribution >= 4 is 37.1 Å². The molecule has 3 aromatic heterocycles. The van der Waals surface area contributed by atoms with E-state index in [0.717, 1.165) is 11.4 Å². The number of nitrogens with zero attached hydrogens (tertiary/aromatic N) is 4. The summed E-state index contributed by atoms with van der Waals surface area (Å²) in [5, 5.41) is 26.7. The third-order valence-electron chi connectivity index (χ3n) is 7.78. The number of rotatable bonds is 10. The molecule has 10 nitrogen and oxygen atoms in total. The van der Waals surface area contributed by atoms with Crippen molar-refractivity contribution in [1.29, 1.82) is 0 Å². The fourth-order valence-corrected chi connectivity index (χ4v) is 10.1. The van der Waals surface area contributed by atoms with Crippen molar-refractivity contribution < 1.29 is 51.6 Å². The summed E-state index contributed by atoms with van der Waals surface area (Å²) in [6.45, 7) is 1.56. The molecule has 13 heteroatoms. The molecule has 0 aliphatic heterocycles. The largest absolute Gasteiger partial charge is 2.00 e. The smallest absolute Gasteiger partial charge is 0.858 e. The van der Waals surface area contributed by atoms with Crippen molar-refractivity contribution in [2.45, 2.75) is 19.8 Å². The normalized spacial score (nSPS) is 9.55. The Labute approximate surface area is 344 Å². The third kappa shape index (κ3) is 16.5. The summed E-state index contributed by atoms with van der Waals surface area (Å²) in [6, 6.07) is 55.2. The molecule has 0 radical (unpaired) electrons. The average molecular weight is 880 g/mol. The first kappa shape index (κ1) is 51.2. The number of unbranched alkanes of at least 4 members (excludes halogenated alkanes) is 1. The summed E-state index contributed by atoms with van der Waals surface area (Å²) < 4.78 is 0. The van der Waals surface area contributed by atoms with Gasteiger partial charge in [-0.05, 0) is 105 Å². The van der Waals surface area contributed by atoms with Gasteiger partial charge in [-0.3, -0.25) is 19.9 Å². The third-order valence-corrected chi connectivity index (χ3v) is 13.0. The van der Waals surface area contributed by atoms with Crippen LogP contribution in [0.25, 0.3) is 11.4 Å². The van der Waals surface area contributed by atoms with E-state index in [4.69, 9.17) is 0 Å². The van der Waals surface area contributed by atoms with Crippen molar-refractivity contribution in [3.8, 4) is 23.3 Å². The minimum absolute atomic E-state index is 0. The monoisotopic (exact) mass is 880 g/mol. The maximum absolute atomic E-state index is 10.5. The van der Waals surface area contributed by atoms with Crippen LogP contribution in [0.1, 0.15) is 18.4 Å². The molecule has 8 N–H and O–H groups in total. The summed E-state index contributed by atoms with van der Waals surface area (Å²) in [4.78, 5) is 14.7. The topological polar surface area (TPSA) is 224 Å². The fourth-order valence-electron chi connectivity index (χ4n) is 5.23. The van der Waals surface area contributed by atoms with E-state index >= 15 is 0 Å². The molecule has 4 aromatic carbocycles. The zero-order valence-electron chi connectivity index (χ0n) is 30.9. The molecule has 0 atom stereocenters. The summed E-state index contributed by atoms with van der Waals surface area (Å²) in [6.07, 6.45) is 9.82. The predicted octanol–water partition coefficient (Wildman–Crippen LogP) is 3.81. The van der Waals surface area contributed by atoms with Gasteiger partial charge in [0.05, 0.1) is 17.4 Å². The van der Waals surface area contributed by atoms with E-state index in [1.165, 1.54) is 52.6 Å². The first-order chi connectivity index (χ1) is 25.1. The van der Waals surface area contributed by atoms with Crippen LogP contribution in [-0.2, 0) is 19.5 Å². The van der Waals surface area contributed by atoms with E-state index < -0.39 is 11.9 Å². The molecule has 0 bridgehead atoms. The van der Waals surface area contributed by atoms with Crippen LogP contribution in [0.15, 0.2) is 176 Å². The standard InChI is InChI=1S/C28H28P2.C10H8N2.C5H6N2O2.4H2O.Ru/c1-5-15-25(16-6-1)29(26-17-7-2-8-18-26)23-13-14-24-30(27-19-9-3-10-20-27)28-21-11-4-12-22-28;1-3-7-11-9(5-1)10-6-2-4-8-12-10;1-3-2-6-5(9)7-4(3)8;;;;;/h1-12,15-22H,13-14,23-24H2;1-8H;2H,1H3,(H2,6,7,8,9);4*1H2;/q;;;;;;;+2/p-2. The Morgan fingerprint density at radius 1 is 0.446 bits per heavy atom. The second-order valence-electron chi connectivity index (χ2n) is 11.4. The van der Waals surface area contributed by atoms with Gasteiger partial charge >= 0.3 is 19.5 Å². The van der Waals surface area contributed by atoms with Crippen LogP contribution in [0, 0.1) is 6.92 Å². The number of hydrogen-bond donors (Lipinski definition) is 0. The van der Waals surface area contributed by atoms with Crippen LogP contribution in [-0.4, -0.2) is 54.2 Å². The molecule has 7 aromatic rings. The molecule has 7 rings (SSSR count). The Balaban J connectivity index is 0.000000966. The van der Waals surface area contributed by atoms with Gasteiger partial charge in [-0.2, -0.15) is 0 Å². The number of hydrogen-bond acceptors (Lipinski definition) is 6. The molecule has 0 amide bonds. The Bertz CT molecular complexity index is 1800. The molecule has 294 valence electrons. The molecule has 0 saturated carbocycles. The Morgan fingerprint density at radius 2 is 0.768 bits per heavy atom. The van der Waals surface area contributed by atoms with E-state index in [-0.39, 0.29) is 57.2 Å². The summed E-state index contributed by atoms with van der Waals surface area (Å²) in [7, 11) is -0.566. The molecule has 0 aliphatic carbocycles. The molecule has 3 heterocycles. The Kier molecular flexibility index (Phi) is 26.1. The van der Waals surface area contributed by atoms with E-state index in [1.807, 2.05) is 36.4 Å². The Morgan fingerprint density at radius 3 is 1.04 bits per heavy atom. The van der Waals surface area contributed by atoms with Gasteiger partial charge in [0.25, 0.3) is 0 Å². The van der Waals surface area contributed by atoms with Gasteiger partial charge in [-0.1, -0.05) is 133 Å². The van der Waals surface area contributed by atoms with Crippen molar-refractivity contribution in [3.05, 3.63) is 182 Å². The van der Waals surface area contributed by atoms with E-state index in [9.17, 15) is 10.2 Å². The molecule has 0 saturated heterocycles. The second kappa shape index (κ2) is 28.6. The maximum atomic E-state index is 10.5. The quantitative estimate of drug-likeness (QED) is 0.113. The molecule has 56 heavy (non-hydrogen) atoms. The van der Waals surface area contributed by atoms with Gasteiger partial charge in [0.2, 0.25) is 0 Å². The minimum Gasteiger partial charge on any atom is -0.858 e. The predicted molar refractivity (Wildman–Crippen MR) is 225 cm³/mol. The van der Waals surface area contributed by atoms with E-state index in [2.05, 4.69) is 141 Å².